The Balaban J connectivity index is 1.41. The fraction of sp³-hybridized carbons (Fsp3) is 0.409. The average Bonchev–Trinajstić information content (AvgIpc) is 3.60. The van der Waals surface area contributed by atoms with Crippen LogP contribution in [0.5, 0.6) is 0 Å². The summed E-state index contributed by atoms with van der Waals surface area (Å²) in [6.45, 7) is 0.849. The molecule has 2 aromatic carbocycles. The van der Waals surface area contributed by atoms with Crippen molar-refractivity contribution in [1.29, 1.82) is 0 Å². The van der Waals surface area contributed by atoms with Crippen LogP contribution in [0.25, 0.3) is 0 Å². The van der Waals surface area contributed by atoms with Gasteiger partial charge in [0.05, 0.1) is 9.92 Å². The lowest BCUT2D eigenvalue weighted by atomic mass is 9.96. The lowest BCUT2D eigenvalue weighted by Gasteiger charge is -2.34. The highest BCUT2D eigenvalue weighted by Crippen LogP contribution is 2.33. The summed E-state index contributed by atoms with van der Waals surface area (Å²) in [4.78, 5) is 15.0. The van der Waals surface area contributed by atoms with Crippen LogP contribution in [0.2, 0.25) is 5.02 Å². The van der Waals surface area contributed by atoms with Gasteiger partial charge in [-0.05, 0) is 61.6 Å². The molecular weight excluding hydrogens is 446 g/mol. The van der Waals surface area contributed by atoms with Gasteiger partial charge in [0, 0.05) is 31.6 Å². The number of piperidine rings is 1. The first-order valence-electron chi connectivity index (χ1n) is 10.3. The smallest absolute Gasteiger partial charge is 0.243 e. The first-order valence-corrected chi connectivity index (χ1v) is 12.1. The number of nitrogens with zero attached hydrogens (tertiary/aromatic N) is 2. The zero-order valence-electron chi connectivity index (χ0n) is 16.8. The highest BCUT2D eigenvalue weighted by Gasteiger charge is 2.38. The lowest BCUT2D eigenvalue weighted by Crippen LogP contribution is -2.44. The maximum Gasteiger partial charge on any atom is 0.243 e. The zero-order valence-corrected chi connectivity index (χ0v) is 18.4. The first kappa shape index (κ1) is 22.2. The van der Waals surface area contributed by atoms with E-state index in [0.717, 1.165) is 30.5 Å². The van der Waals surface area contributed by atoms with Crippen molar-refractivity contribution in [3.8, 4) is 0 Å². The minimum Gasteiger partial charge on any atom is -0.335 e. The maximum atomic E-state index is 13.4. The molecule has 1 saturated carbocycles. The Morgan fingerprint density at radius 3 is 2.26 bits per heavy atom. The molecule has 1 aliphatic heterocycles. The van der Waals surface area contributed by atoms with Crippen molar-refractivity contribution in [2.24, 2.45) is 5.92 Å². The second-order valence-corrected chi connectivity index (χ2v) is 10.4. The molecule has 0 bridgehead atoms. The summed E-state index contributed by atoms with van der Waals surface area (Å²) in [6.07, 6.45) is 2.73. The molecule has 166 valence electrons. The maximum absolute atomic E-state index is 13.4. The molecule has 2 aromatic rings. The fourth-order valence-electron chi connectivity index (χ4n) is 3.92. The Morgan fingerprint density at radius 2 is 1.68 bits per heavy atom. The molecule has 1 saturated heterocycles. The van der Waals surface area contributed by atoms with Gasteiger partial charge in [-0.25, -0.2) is 17.2 Å². The van der Waals surface area contributed by atoms with E-state index in [-0.39, 0.29) is 46.7 Å². The number of hydrogen-bond acceptors (Lipinski definition) is 3. The summed E-state index contributed by atoms with van der Waals surface area (Å²) in [5.74, 6) is -1.23. The molecule has 2 fully saturated rings. The number of halogens is 3. The van der Waals surface area contributed by atoms with Crippen molar-refractivity contribution < 1.29 is 22.0 Å². The number of benzene rings is 2. The van der Waals surface area contributed by atoms with Crippen molar-refractivity contribution in [3.63, 3.8) is 0 Å². The third kappa shape index (κ3) is 4.91. The van der Waals surface area contributed by atoms with Crippen molar-refractivity contribution in [2.75, 3.05) is 13.1 Å². The van der Waals surface area contributed by atoms with E-state index >= 15 is 0 Å². The SMILES string of the molecule is O=C(C1CCN(S(=O)(=O)c2ccc(F)c(Cl)c2)CC1)N(Cc1ccc(F)cc1)C1CC1. The van der Waals surface area contributed by atoms with Crippen LogP contribution in [0.15, 0.2) is 47.4 Å². The minimum absolute atomic E-state index is 0.0219. The van der Waals surface area contributed by atoms with Gasteiger partial charge in [-0.1, -0.05) is 23.7 Å². The number of rotatable bonds is 6. The van der Waals surface area contributed by atoms with Gasteiger partial charge in [0.25, 0.3) is 0 Å². The molecular formula is C22H23ClF2N2O3S. The molecule has 5 nitrogen and oxygen atoms in total. The summed E-state index contributed by atoms with van der Waals surface area (Å²) in [7, 11) is -3.81. The van der Waals surface area contributed by atoms with Gasteiger partial charge in [-0.2, -0.15) is 4.31 Å². The second kappa shape index (κ2) is 8.84. The largest absolute Gasteiger partial charge is 0.335 e. The minimum atomic E-state index is -3.81. The Kier molecular flexibility index (Phi) is 6.32. The molecule has 0 atom stereocenters. The van der Waals surface area contributed by atoms with Crippen LogP contribution in [0.1, 0.15) is 31.2 Å². The van der Waals surface area contributed by atoms with Gasteiger partial charge in [-0.3, -0.25) is 4.79 Å². The fourth-order valence-corrected chi connectivity index (χ4v) is 5.67. The van der Waals surface area contributed by atoms with E-state index in [4.69, 9.17) is 11.6 Å². The number of carbonyl (C=O) groups is 1. The van der Waals surface area contributed by atoms with Crippen LogP contribution in [-0.4, -0.2) is 42.7 Å². The van der Waals surface area contributed by atoms with Gasteiger partial charge >= 0.3 is 0 Å². The van der Waals surface area contributed by atoms with Crippen LogP contribution in [0.3, 0.4) is 0 Å². The predicted molar refractivity (Wildman–Crippen MR) is 113 cm³/mol. The second-order valence-electron chi connectivity index (χ2n) is 8.08. The van der Waals surface area contributed by atoms with E-state index in [9.17, 15) is 22.0 Å². The Hall–Kier alpha value is -2.03. The van der Waals surface area contributed by atoms with Gasteiger partial charge < -0.3 is 4.90 Å². The van der Waals surface area contributed by atoms with E-state index in [2.05, 4.69) is 0 Å². The van der Waals surface area contributed by atoms with Gasteiger partial charge in [0.1, 0.15) is 11.6 Å². The summed E-state index contributed by atoms with van der Waals surface area (Å²) in [6, 6.07) is 9.68. The zero-order chi connectivity index (χ0) is 22.2. The average molecular weight is 469 g/mol. The summed E-state index contributed by atoms with van der Waals surface area (Å²) in [5, 5.41) is -0.244. The van der Waals surface area contributed by atoms with Gasteiger partial charge in [0.15, 0.2) is 0 Å². The Morgan fingerprint density at radius 1 is 1.03 bits per heavy atom. The molecule has 0 spiro atoms. The molecule has 31 heavy (non-hydrogen) atoms. The third-order valence-corrected chi connectivity index (χ3v) is 8.05. The molecule has 1 amide bonds. The highest BCUT2D eigenvalue weighted by atomic mass is 35.5. The molecule has 4 rings (SSSR count). The Bertz CT molecular complexity index is 1070. The van der Waals surface area contributed by atoms with Crippen LogP contribution >= 0.6 is 11.6 Å². The standard InChI is InChI=1S/C22H23ClF2N2O3S/c23-20-13-19(7-8-21(20)25)31(29,30)26-11-9-16(10-12-26)22(28)27(18-5-6-18)14-15-1-3-17(24)4-2-15/h1-4,7-8,13,16,18H,5-6,9-12,14H2. The van der Waals surface area contributed by atoms with Crippen LogP contribution in [-0.2, 0) is 21.4 Å². The van der Waals surface area contributed by atoms with E-state index in [1.165, 1.54) is 22.5 Å². The molecule has 9 heteroatoms. The molecule has 0 unspecified atom stereocenters. The highest BCUT2D eigenvalue weighted by molar-refractivity contribution is 7.89. The van der Waals surface area contributed by atoms with Crippen molar-refractivity contribution in [2.45, 2.75) is 43.2 Å². The van der Waals surface area contributed by atoms with Crippen molar-refractivity contribution in [1.82, 2.24) is 9.21 Å². The third-order valence-electron chi connectivity index (χ3n) is 5.87. The molecule has 0 radical (unpaired) electrons. The Labute approximate surface area is 185 Å². The number of amides is 1. The van der Waals surface area contributed by atoms with Gasteiger partial charge in [0.2, 0.25) is 15.9 Å². The number of sulfonamides is 1. The first-order chi connectivity index (χ1) is 14.8. The van der Waals surface area contributed by atoms with Crippen LogP contribution in [0.4, 0.5) is 8.78 Å². The quantitative estimate of drug-likeness (QED) is 0.638. The number of carbonyl (C=O) groups excluding carboxylic acids is 1. The molecule has 2 aliphatic rings. The van der Waals surface area contributed by atoms with Crippen LogP contribution < -0.4 is 0 Å². The topological polar surface area (TPSA) is 57.7 Å². The predicted octanol–water partition coefficient (Wildman–Crippen LogP) is 4.21. The van der Waals surface area contributed by atoms with E-state index in [1.54, 1.807) is 12.1 Å². The van der Waals surface area contributed by atoms with Crippen LogP contribution in [0, 0.1) is 17.6 Å². The van der Waals surface area contributed by atoms with Crippen molar-refractivity contribution >= 4 is 27.5 Å². The van der Waals surface area contributed by atoms with E-state index < -0.39 is 15.8 Å². The normalized spacial score (nSPS) is 18.2. The summed E-state index contributed by atoms with van der Waals surface area (Å²) < 4.78 is 53.6. The number of hydrogen-bond donors (Lipinski definition) is 0. The molecule has 1 aliphatic carbocycles. The molecule has 1 heterocycles. The van der Waals surface area contributed by atoms with Crippen molar-refractivity contribution in [3.05, 3.63) is 64.7 Å². The summed E-state index contributed by atoms with van der Waals surface area (Å²) in [5.41, 5.74) is 0.870. The molecule has 0 aromatic heterocycles. The summed E-state index contributed by atoms with van der Waals surface area (Å²) >= 11 is 5.74. The van der Waals surface area contributed by atoms with Gasteiger partial charge in [-0.15, -0.1) is 0 Å². The van der Waals surface area contributed by atoms with E-state index in [1.807, 2.05) is 4.90 Å². The molecule has 0 N–H and O–H groups in total. The monoisotopic (exact) mass is 468 g/mol. The lowest BCUT2D eigenvalue weighted by molar-refractivity contribution is -0.138. The van der Waals surface area contributed by atoms with E-state index in [0.29, 0.717) is 19.4 Å².